The smallest absolute Gasteiger partial charge is 0.269 e. The molecule has 2 amide bonds. The van der Waals surface area contributed by atoms with Gasteiger partial charge < -0.3 is 14.8 Å². The van der Waals surface area contributed by atoms with Gasteiger partial charge in [-0.2, -0.15) is 0 Å². The van der Waals surface area contributed by atoms with E-state index >= 15 is 0 Å². The number of carbonyl (C=O) groups excluding carboxylic acids is 2. The van der Waals surface area contributed by atoms with Crippen molar-refractivity contribution in [2.45, 2.75) is 31.0 Å². The number of non-ortho nitro benzene ring substituents is 1. The first-order valence-electron chi connectivity index (χ1n) is 10.9. The number of likely N-dealkylation sites (tertiary alicyclic amines) is 1. The van der Waals surface area contributed by atoms with Crippen molar-refractivity contribution < 1.29 is 14.5 Å². The SMILES string of the molecule is Cc1cc([N+](=O)[O-])ccc1NC(=O)CSc1nnc(C2CCCN2C(=O)c2ccc(Cl)cc2)n1C. The molecule has 10 nitrogen and oxygen atoms in total. The third-order valence-electron chi connectivity index (χ3n) is 5.80. The molecular weight excluding hydrogens is 492 g/mol. The fourth-order valence-corrected chi connectivity index (χ4v) is 4.84. The number of anilines is 1. The molecule has 2 aromatic carbocycles. The lowest BCUT2D eigenvalue weighted by Crippen LogP contribution is -2.31. The number of amides is 2. The second-order valence-electron chi connectivity index (χ2n) is 8.16. The molecule has 1 unspecified atom stereocenters. The standard InChI is InChI=1S/C23H23ClN6O4S/c1-14-12-17(30(33)34)9-10-18(14)25-20(31)13-35-23-27-26-21(28(23)2)19-4-3-11-29(19)22(32)15-5-7-16(24)8-6-15/h5-10,12,19H,3-4,11,13H2,1-2H3,(H,25,31). The highest BCUT2D eigenvalue weighted by atomic mass is 35.5. The van der Waals surface area contributed by atoms with Crippen LogP contribution in [0.25, 0.3) is 0 Å². The lowest BCUT2D eigenvalue weighted by atomic mass is 10.1. The van der Waals surface area contributed by atoms with Crippen LogP contribution in [0.1, 0.15) is 40.6 Å². The molecule has 0 saturated carbocycles. The van der Waals surface area contributed by atoms with Crippen LogP contribution in [-0.2, 0) is 11.8 Å². The zero-order chi connectivity index (χ0) is 25.1. The Morgan fingerprint density at radius 2 is 1.97 bits per heavy atom. The van der Waals surface area contributed by atoms with Gasteiger partial charge >= 0.3 is 0 Å². The summed E-state index contributed by atoms with van der Waals surface area (Å²) in [5, 5.41) is 23.3. The van der Waals surface area contributed by atoms with E-state index in [1.165, 1.54) is 30.0 Å². The zero-order valence-electron chi connectivity index (χ0n) is 19.1. The molecule has 1 atom stereocenters. The molecule has 0 spiro atoms. The number of thioether (sulfide) groups is 1. The van der Waals surface area contributed by atoms with Gasteiger partial charge in [0.15, 0.2) is 11.0 Å². The second-order valence-corrected chi connectivity index (χ2v) is 9.54. The largest absolute Gasteiger partial charge is 0.328 e. The van der Waals surface area contributed by atoms with Crippen molar-refractivity contribution in [2.75, 3.05) is 17.6 Å². The highest BCUT2D eigenvalue weighted by Gasteiger charge is 2.34. The molecule has 0 radical (unpaired) electrons. The number of aryl methyl sites for hydroxylation is 1. The van der Waals surface area contributed by atoms with E-state index in [4.69, 9.17) is 11.6 Å². The molecule has 1 aliphatic heterocycles. The van der Waals surface area contributed by atoms with Crippen LogP contribution in [0.2, 0.25) is 5.02 Å². The number of nitrogens with one attached hydrogen (secondary N) is 1. The summed E-state index contributed by atoms with van der Waals surface area (Å²) >= 11 is 7.17. The van der Waals surface area contributed by atoms with E-state index in [1.807, 2.05) is 11.6 Å². The average molecular weight is 515 g/mol. The monoisotopic (exact) mass is 514 g/mol. The predicted octanol–water partition coefficient (Wildman–Crippen LogP) is 4.39. The molecular formula is C23H23ClN6O4S. The first kappa shape index (κ1) is 24.7. The Bertz CT molecular complexity index is 1280. The van der Waals surface area contributed by atoms with Crippen LogP contribution in [0.3, 0.4) is 0 Å². The molecule has 4 rings (SSSR count). The highest BCUT2D eigenvalue weighted by molar-refractivity contribution is 7.99. The number of hydrogen-bond acceptors (Lipinski definition) is 7. The van der Waals surface area contributed by atoms with E-state index in [0.717, 1.165) is 12.8 Å². The summed E-state index contributed by atoms with van der Waals surface area (Å²) in [6, 6.07) is 10.9. The number of nitro groups is 1. The summed E-state index contributed by atoms with van der Waals surface area (Å²) in [5.74, 6) is 0.399. The van der Waals surface area contributed by atoms with Crippen molar-refractivity contribution in [3.63, 3.8) is 0 Å². The van der Waals surface area contributed by atoms with Gasteiger partial charge in [0.25, 0.3) is 11.6 Å². The maximum absolute atomic E-state index is 13.1. The van der Waals surface area contributed by atoms with Crippen molar-refractivity contribution in [1.82, 2.24) is 19.7 Å². The number of hydrogen-bond donors (Lipinski definition) is 1. The number of halogens is 1. The van der Waals surface area contributed by atoms with Gasteiger partial charge in [-0.1, -0.05) is 23.4 Å². The van der Waals surface area contributed by atoms with Crippen LogP contribution < -0.4 is 5.32 Å². The van der Waals surface area contributed by atoms with Crippen LogP contribution >= 0.6 is 23.4 Å². The summed E-state index contributed by atoms with van der Waals surface area (Å²) in [6.45, 7) is 2.32. The molecule has 1 saturated heterocycles. The van der Waals surface area contributed by atoms with E-state index in [2.05, 4.69) is 15.5 Å². The Morgan fingerprint density at radius 3 is 2.66 bits per heavy atom. The van der Waals surface area contributed by atoms with Crippen LogP contribution in [0, 0.1) is 17.0 Å². The topological polar surface area (TPSA) is 123 Å². The third-order valence-corrected chi connectivity index (χ3v) is 7.07. The number of benzene rings is 2. The molecule has 0 bridgehead atoms. The predicted molar refractivity (Wildman–Crippen MR) is 133 cm³/mol. The Kier molecular flexibility index (Phi) is 7.37. The summed E-state index contributed by atoms with van der Waals surface area (Å²) in [4.78, 5) is 37.7. The number of carbonyl (C=O) groups is 2. The quantitative estimate of drug-likeness (QED) is 0.281. The average Bonchev–Trinajstić information content (AvgIpc) is 3.45. The highest BCUT2D eigenvalue weighted by Crippen LogP contribution is 2.33. The van der Waals surface area contributed by atoms with Crippen molar-refractivity contribution >= 4 is 46.6 Å². The molecule has 1 aromatic heterocycles. The molecule has 0 aliphatic carbocycles. The van der Waals surface area contributed by atoms with E-state index in [-0.39, 0.29) is 29.3 Å². The lowest BCUT2D eigenvalue weighted by molar-refractivity contribution is -0.384. The van der Waals surface area contributed by atoms with Gasteiger partial charge in [-0.3, -0.25) is 19.7 Å². The third kappa shape index (κ3) is 5.46. The van der Waals surface area contributed by atoms with Gasteiger partial charge in [0.2, 0.25) is 5.91 Å². The van der Waals surface area contributed by atoms with E-state index in [9.17, 15) is 19.7 Å². The molecule has 12 heteroatoms. The summed E-state index contributed by atoms with van der Waals surface area (Å²) in [5.41, 5.74) is 1.65. The summed E-state index contributed by atoms with van der Waals surface area (Å²) < 4.78 is 1.81. The summed E-state index contributed by atoms with van der Waals surface area (Å²) in [7, 11) is 1.82. The van der Waals surface area contributed by atoms with E-state index in [0.29, 0.717) is 39.4 Å². The Hall–Kier alpha value is -3.44. The number of nitrogens with zero attached hydrogens (tertiary/aromatic N) is 5. The Labute approximate surface area is 210 Å². The fraction of sp³-hybridized carbons (Fsp3) is 0.304. The molecule has 1 N–H and O–H groups in total. The molecule has 1 aliphatic rings. The number of rotatable bonds is 7. The normalized spacial score (nSPS) is 15.3. The summed E-state index contributed by atoms with van der Waals surface area (Å²) in [6.07, 6.45) is 1.63. The van der Waals surface area contributed by atoms with Crippen molar-refractivity contribution in [3.05, 3.63) is 74.6 Å². The molecule has 2 heterocycles. The first-order valence-corrected chi connectivity index (χ1v) is 12.2. The van der Waals surface area contributed by atoms with Crippen molar-refractivity contribution in [3.8, 4) is 0 Å². The Balaban J connectivity index is 1.40. The fourth-order valence-electron chi connectivity index (χ4n) is 4.00. The number of aromatic nitrogens is 3. The first-order chi connectivity index (χ1) is 16.7. The van der Waals surface area contributed by atoms with Crippen LogP contribution in [-0.4, -0.2) is 48.7 Å². The lowest BCUT2D eigenvalue weighted by Gasteiger charge is -2.24. The Morgan fingerprint density at radius 1 is 1.23 bits per heavy atom. The van der Waals surface area contributed by atoms with Crippen LogP contribution in [0.4, 0.5) is 11.4 Å². The maximum Gasteiger partial charge on any atom is 0.269 e. The van der Waals surface area contributed by atoms with E-state index in [1.54, 1.807) is 36.1 Å². The molecule has 1 fully saturated rings. The van der Waals surface area contributed by atoms with Crippen LogP contribution in [0.5, 0.6) is 0 Å². The molecule has 182 valence electrons. The zero-order valence-corrected chi connectivity index (χ0v) is 20.7. The van der Waals surface area contributed by atoms with Crippen molar-refractivity contribution in [1.29, 1.82) is 0 Å². The van der Waals surface area contributed by atoms with Gasteiger partial charge in [0, 0.05) is 42.0 Å². The van der Waals surface area contributed by atoms with Gasteiger partial charge in [0.05, 0.1) is 16.7 Å². The van der Waals surface area contributed by atoms with Crippen molar-refractivity contribution in [2.24, 2.45) is 7.05 Å². The minimum absolute atomic E-state index is 0.0306. The van der Waals surface area contributed by atoms with E-state index < -0.39 is 4.92 Å². The molecule has 35 heavy (non-hydrogen) atoms. The maximum atomic E-state index is 13.1. The molecule has 3 aromatic rings. The minimum atomic E-state index is -0.478. The van der Waals surface area contributed by atoms with Gasteiger partial charge in [-0.15, -0.1) is 10.2 Å². The van der Waals surface area contributed by atoms with Crippen LogP contribution in [0.15, 0.2) is 47.6 Å². The second kappa shape index (κ2) is 10.4. The van der Waals surface area contributed by atoms with Gasteiger partial charge in [0.1, 0.15) is 0 Å². The van der Waals surface area contributed by atoms with Gasteiger partial charge in [-0.25, -0.2) is 0 Å². The van der Waals surface area contributed by atoms with Gasteiger partial charge in [-0.05, 0) is 55.7 Å². The number of nitro benzene ring substituents is 1. The minimum Gasteiger partial charge on any atom is -0.328 e.